The van der Waals surface area contributed by atoms with Gasteiger partial charge >= 0.3 is 0 Å². The summed E-state index contributed by atoms with van der Waals surface area (Å²) in [4.78, 5) is 3.28. The molecule has 0 radical (unpaired) electrons. The van der Waals surface area contributed by atoms with E-state index < -0.39 is 17.3 Å². The molecule has 0 saturated heterocycles. The fraction of sp³-hybridized carbons (Fsp3) is 0.500. The van der Waals surface area contributed by atoms with Gasteiger partial charge in [0.05, 0.1) is 23.9 Å². The SMILES string of the molecule is Cc1ccsc1[C@H]1[C@H]2CN(C(C)C)CC=C2[C@H](C#N)C(=N)C1(C#N)C#N. The van der Waals surface area contributed by atoms with E-state index in [1.807, 2.05) is 24.4 Å². The maximum atomic E-state index is 10.00. The van der Waals surface area contributed by atoms with Gasteiger partial charge in [-0.1, -0.05) is 6.08 Å². The summed E-state index contributed by atoms with van der Waals surface area (Å²) in [6.45, 7) is 7.66. The van der Waals surface area contributed by atoms with E-state index in [1.165, 1.54) is 11.3 Å². The van der Waals surface area contributed by atoms with Crippen LogP contribution in [0.5, 0.6) is 0 Å². The minimum absolute atomic E-state index is 0.0664. The summed E-state index contributed by atoms with van der Waals surface area (Å²) in [5.74, 6) is -1.31. The van der Waals surface area contributed by atoms with E-state index in [1.54, 1.807) is 0 Å². The van der Waals surface area contributed by atoms with Crippen molar-refractivity contribution in [3.8, 4) is 18.2 Å². The van der Waals surface area contributed by atoms with Crippen molar-refractivity contribution in [3.63, 3.8) is 0 Å². The van der Waals surface area contributed by atoms with Gasteiger partial charge in [0.1, 0.15) is 5.92 Å². The van der Waals surface area contributed by atoms with Crippen molar-refractivity contribution >= 4 is 17.0 Å². The van der Waals surface area contributed by atoms with Gasteiger partial charge in [0.2, 0.25) is 0 Å². The first-order valence-corrected chi connectivity index (χ1v) is 9.58. The zero-order valence-electron chi connectivity index (χ0n) is 15.2. The summed E-state index contributed by atoms with van der Waals surface area (Å²) in [6, 6.07) is 8.81. The normalized spacial score (nSPS) is 27.8. The van der Waals surface area contributed by atoms with E-state index in [9.17, 15) is 15.8 Å². The third kappa shape index (κ3) is 2.48. The van der Waals surface area contributed by atoms with Crippen molar-refractivity contribution in [2.45, 2.75) is 32.7 Å². The Bertz CT molecular complexity index is 875. The molecule has 1 aromatic rings. The maximum absolute atomic E-state index is 10.00. The van der Waals surface area contributed by atoms with Crippen molar-refractivity contribution in [1.82, 2.24) is 4.90 Å². The molecule has 1 aliphatic heterocycles. The van der Waals surface area contributed by atoms with Crippen molar-refractivity contribution in [2.75, 3.05) is 13.1 Å². The number of hydrogen-bond donors (Lipinski definition) is 1. The fourth-order valence-corrected chi connectivity index (χ4v) is 5.39. The molecule has 1 aliphatic carbocycles. The number of aryl methyl sites for hydroxylation is 1. The van der Waals surface area contributed by atoms with Crippen LogP contribution >= 0.6 is 11.3 Å². The van der Waals surface area contributed by atoms with Crippen LogP contribution in [0.3, 0.4) is 0 Å². The Hall–Kier alpha value is -2.46. The van der Waals surface area contributed by atoms with Crippen LogP contribution in [0.25, 0.3) is 0 Å². The molecule has 1 saturated carbocycles. The lowest BCUT2D eigenvalue weighted by Gasteiger charge is -2.48. The quantitative estimate of drug-likeness (QED) is 0.811. The average Bonchev–Trinajstić information content (AvgIpc) is 3.05. The molecule has 1 aromatic heterocycles. The minimum atomic E-state index is -1.60. The van der Waals surface area contributed by atoms with E-state index >= 15 is 0 Å². The Kier molecular flexibility index (Phi) is 4.72. The van der Waals surface area contributed by atoms with Gasteiger partial charge in [-0.3, -0.25) is 4.90 Å². The molecule has 0 unspecified atom stereocenters. The average molecular weight is 363 g/mol. The topological polar surface area (TPSA) is 98.5 Å². The predicted octanol–water partition coefficient (Wildman–Crippen LogP) is 3.61. The smallest absolute Gasteiger partial charge is 0.190 e. The summed E-state index contributed by atoms with van der Waals surface area (Å²) in [6.07, 6.45) is 2.05. The lowest BCUT2D eigenvalue weighted by Crippen LogP contribution is -2.53. The zero-order valence-corrected chi connectivity index (χ0v) is 16.0. The summed E-state index contributed by atoms with van der Waals surface area (Å²) in [5.41, 5.74) is 0.286. The molecular formula is C20H21N5S. The van der Waals surface area contributed by atoms with Crippen molar-refractivity contribution in [1.29, 1.82) is 21.2 Å². The predicted molar refractivity (Wildman–Crippen MR) is 101 cm³/mol. The molecule has 5 nitrogen and oxygen atoms in total. The zero-order chi connectivity index (χ0) is 19.1. The van der Waals surface area contributed by atoms with Gasteiger partial charge < -0.3 is 5.41 Å². The molecule has 0 bridgehead atoms. The van der Waals surface area contributed by atoms with Crippen molar-refractivity contribution in [3.05, 3.63) is 33.5 Å². The van der Waals surface area contributed by atoms with Gasteiger partial charge in [-0.15, -0.1) is 11.3 Å². The van der Waals surface area contributed by atoms with E-state index in [2.05, 4.69) is 37.0 Å². The summed E-state index contributed by atoms with van der Waals surface area (Å²) < 4.78 is 0. The number of nitriles is 3. The second kappa shape index (κ2) is 6.69. The van der Waals surface area contributed by atoms with Gasteiger partial charge in [0.15, 0.2) is 5.41 Å². The molecule has 2 heterocycles. The van der Waals surface area contributed by atoms with Crippen molar-refractivity contribution in [2.24, 2.45) is 17.3 Å². The molecule has 1 fully saturated rings. The molecule has 132 valence electrons. The molecule has 0 spiro atoms. The first kappa shape index (κ1) is 18.3. The summed E-state index contributed by atoms with van der Waals surface area (Å²) >= 11 is 1.54. The van der Waals surface area contributed by atoms with Crippen LogP contribution in [0.15, 0.2) is 23.1 Å². The van der Waals surface area contributed by atoms with E-state index in [0.29, 0.717) is 12.6 Å². The number of fused-ring (bicyclic) bond motifs is 1. The second-order valence-electron chi connectivity index (χ2n) is 7.31. The standard InChI is InChI=1S/C20H21N5S/c1-12(2)25-6-4-14-15(8-21)19(24)20(10-22,11-23)17(16(14)9-25)18-13(3)5-7-26-18/h4-5,7,12,15-17,24H,6,9H2,1-3H3/t15-,16-,17+/m0/s1. The summed E-state index contributed by atoms with van der Waals surface area (Å²) in [7, 11) is 0. The van der Waals surface area contributed by atoms with Crippen molar-refractivity contribution < 1.29 is 0 Å². The van der Waals surface area contributed by atoms with Gasteiger partial charge in [0, 0.05) is 35.8 Å². The Morgan fingerprint density at radius 3 is 2.50 bits per heavy atom. The molecular weight excluding hydrogens is 342 g/mol. The molecule has 26 heavy (non-hydrogen) atoms. The fourth-order valence-electron chi connectivity index (χ4n) is 4.23. The third-order valence-electron chi connectivity index (χ3n) is 5.73. The Labute approximate surface area is 158 Å². The molecule has 3 rings (SSSR count). The highest BCUT2D eigenvalue weighted by molar-refractivity contribution is 7.10. The number of nitrogens with zero attached hydrogens (tertiary/aromatic N) is 4. The number of hydrogen-bond acceptors (Lipinski definition) is 6. The van der Waals surface area contributed by atoms with Gasteiger partial charge in [-0.2, -0.15) is 15.8 Å². The first-order valence-electron chi connectivity index (χ1n) is 8.70. The van der Waals surface area contributed by atoms with Crippen LogP contribution in [-0.4, -0.2) is 29.7 Å². The van der Waals surface area contributed by atoms with E-state index in [-0.39, 0.29) is 11.6 Å². The van der Waals surface area contributed by atoms with E-state index in [0.717, 1.165) is 22.6 Å². The Balaban J connectivity index is 2.25. The maximum Gasteiger partial charge on any atom is 0.190 e. The molecule has 0 amide bonds. The first-order chi connectivity index (χ1) is 12.4. The molecule has 3 atom stereocenters. The minimum Gasteiger partial charge on any atom is -0.305 e. The summed E-state index contributed by atoms with van der Waals surface area (Å²) in [5, 5.41) is 40.3. The van der Waals surface area contributed by atoms with Crippen LogP contribution in [0.2, 0.25) is 0 Å². The number of nitrogens with one attached hydrogen (secondary N) is 1. The van der Waals surface area contributed by atoms with Crippen LogP contribution in [0.1, 0.15) is 30.2 Å². The lowest BCUT2D eigenvalue weighted by atomic mass is 9.55. The highest BCUT2D eigenvalue weighted by Crippen LogP contribution is 2.55. The van der Waals surface area contributed by atoms with Crippen LogP contribution in [0, 0.1) is 63.6 Å². The highest BCUT2D eigenvalue weighted by atomic mass is 32.1. The molecule has 1 N–H and O–H groups in total. The number of thiophene rings is 1. The molecule has 2 aliphatic rings. The Morgan fingerprint density at radius 2 is 2.00 bits per heavy atom. The Morgan fingerprint density at radius 1 is 1.31 bits per heavy atom. The van der Waals surface area contributed by atoms with Crippen LogP contribution in [0.4, 0.5) is 0 Å². The monoisotopic (exact) mass is 363 g/mol. The molecule has 0 aromatic carbocycles. The van der Waals surface area contributed by atoms with Gasteiger partial charge in [-0.05, 0) is 43.4 Å². The van der Waals surface area contributed by atoms with E-state index in [4.69, 9.17) is 5.41 Å². The third-order valence-corrected chi connectivity index (χ3v) is 6.83. The lowest BCUT2D eigenvalue weighted by molar-refractivity contribution is 0.172. The number of rotatable bonds is 2. The second-order valence-corrected chi connectivity index (χ2v) is 8.26. The highest BCUT2D eigenvalue weighted by Gasteiger charge is 2.58. The van der Waals surface area contributed by atoms with Gasteiger partial charge in [-0.25, -0.2) is 0 Å². The van der Waals surface area contributed by atoms with Gasteiger partial charge in [0.25, 0.3) is 0 Å². The molecule has 6 heteroatoms. The van der Waals surface area contributed by atoms with Crippen LogP contribution < -0.4 is 0 Å². The van der Waals surface area contributed by atoms with Crippen LogP contribution in [-0.2, 0) is 0 Å². The largest absolute Gasteiger partial charge is 0.305 e.